The third-order valence-electron chi connectivity index (χ3n) is 1.63. The van der Waals surface area contributed by atoms with Crippen LogP contribution in [0.2, 0.25) is 0 Å². The SMILES string of the molecule is CCn1cc(NS(C)(=O)=O)ccc1=O. The molecule has 0 aliphatic rings. The van der Waals surface area contributed by atoms with E-state index >= 15 is 0 Å². The summed E-state index contributed by atoms with van der Waals surface area (Å²) >= 11 is 0. The first-order chi connectivity index (χ1) is 6.42. The molecule has 0 saturated heterocycles. The molecule has 1 aromatic heterocycles. The molecule has 1 rings (SSSR count). The topological polar surface area (TPSA) is 68.2 Å². The van der Waals surface area contributed by atoms with Crippen molar-refractivity contribution >= 4 is 15.7 Å². The summed E-state index contributed by atoms with van der Waals surface area (Å²) in [4.78, 5) is 11.2. The monoisotopic (exact) mass is 216 g/mol. The summed E-state index contributed by atoms with van der Waals surface area (Å²) in [5.74, 6) is 0. The van der Waals surface area contributed by atoms with Gasteiger partial charge < -0.3 is 4.57 Å². The highest BCUT2D eigenvalue weighted by Crippen LogP contribution is 2.04. The smallest absolute Gasteiger partial charge is 0.250 e. The van der Waals surface area contributed by atoms with Gasteiger partial charge in [0, 0.05) is 18.8 Å². The number of hydrogen-bond donors (Lipinski definition) is 1. The Hall–Kier alpha value is -1.30. The zero-order valence-electron chi connectivity index (χ0n) is 8.02. The summed E-state index contributed by atoms with van der Waals surface area (Å²) < 4.78 is 25.5. The Morgan fingerprint density at radius 1 is 1.43 bits per heavy atom. The first-order valence-electron chi connectivity index (χ1n) is 4.10. The van der Waals surface area contributed by atoms with Crippen LogP contribution in [0.25, 0.3) is 0 Å². The minimum atomic E-state index is -3.28. The predicted molar refractivity (Wildman–Crippen MR) is 54.8 cm³/mol. The van der Waals surface area contributed by atoms with E-state index in [1.165, 1.54) is 22.9 Å². The molecular weight excluding hydrogens is 204 g/mol. The van der Waals surface area contributed by atoms with Crippen molar-refractivity contribution in [2.75, 3.05) is 11.0 Å². The van der Waals surface area contributed by atoms with E-state index in [9.17, 15) is 13.2 Å². The summed E-state index contributed by atoms with van der Waals surface area (Å²) in [6.45, 7) is 2.32. The van der Waals surface area contributed by atoms with Crippen LogP contribution in [0.4, 0.5) is 5.69 Å². The Balaban J connectivity index is 3.08. The van der Waals surface area contributed by atoms with Gasteiger partial charge in [-0.25, -0.2) is 8.42 Å². The summed E-state index contributed by atoms with van der Waals surface area (Å²) in [5, 5.41) is 0. The molecule has 0 saturated carbocycles. The second-order valence-corrected chi connectivity index (χ2v) is 4.66. The van der Waals surface area contributed by atoms with Gasteiger partial charge in [-0.3, -0.25) is 9.52 Å². The summed E-state index contributed by atoms with van der Waals surface area (Å²) in [6.07, 6.45) is 2.54. The standard InChI is InChI=1S/C8H12N2O3S/c1-3-10-6-7(4-5-8(10)11)9-14(2,12)13/h4-6,9H,3H2,1-2H3. The minimum Gasteiger partial charge on any atom is -0.314 e. The van der Waals surface area contributed by atoms with E-state index in [1.807, 2.05) is 6.92 Å². The largest absolute Gasteiger partial charge is 0.314 e. The lowest BCUT2D eigenvalue weighted by molar-refractivity contribution is 0.606. The Kier molecular flexibility index (Phi) is 2.95. The van der Waals surface area contributed by atoms with Gasteiger partial charge in [-0.05, 0) is 13.0 Å². The molecule has 0 radical (unpaired) electrons. The average molecular weight is 216 g/mol. The fourth-order valence-corrected chi connectivity index (χ4v) is 1.60. The maximum absolute atomic E-state index is 11.2. The molecule has 1 aromatic rings. The third-order valence-corrected chi connectivity index (χ3v) is 2.23. The Morgan fingerprint density at radius 3 is 2.57 bits per heavy atom. The van der Waals surface area contributed by atoms with Crippen LogP contribution < -0.4 is 10.3 Å². The molecule has 0 amide bonds. The summed E-state index contributed by atoms with van der Waals surface area (Å²) in [7, 11) is -3.28. The van der Waals surface area contributed by atoms with Gasteiger partial charge in [-0.1, -0.05) is 0 Å². The van der Waals surface area contributed by atoms with Crippen molar-refractivity contribution < 1.29 is 8.42 Å². The van der Waals surface area contributed by atoms with Crippen LogP contribution >= 0.6 is 0 Å². The second kappa shape index (κ2) is 3.83. The predicted octanol–water partition coefficient (Wildman–Crippen LogP) is 0.240. The zero-order valence-corrected chi connectivity index (χ0v) is 8.84. The van der Waals surface area contributed by atoms with Gasteiger partial charge in [0.15, 0.2) is 0 Å². The Morgan fingerprint density at radius 2 is 2.07 bits per heavy atom. The summed E-state index contributed by atoms with van der Waals surface area (Å²) in [5.41, 5.74) is 0.250. The fraction of sp³-hybridized carbons (Fsp3) is 0.375. The number of aromatic nitrogens is 1. The molecule has 0 atom stereocenters. The molecule has 0 aromatic carbocycles. The zero-order chi connectivity index (χ0) is 10.8. The van der Waals surface area contributed by atoms with Gasteiger partial charge in [0.25, 0.3) is 5.56 Å². The molecule has 0 aliphatic carbocycles. The van der Waals surface area contributed by atoms with Crippen LogP contribution in [0, 0.1) is 0 Å². The molecule has 0 spiro atoms. The number of hydrogen-bond acceptors (Lipinski definition) is 3. The lowest BCUT2D eigenvalue weighted by Crippen LogP contribution is -2.19. The van der Waals surface area contributed by atoms with Gasteiger partial charge in [-0.2, -0.15) is 0 Å². The molecule has 1 heterocycles. The average Bonchev–Trinajstić information content (AvgIpc) is 2.06. The highest BCUT2D eigenvalue weighted by Gasteiger charge is 2.02. The van der Waals surface area contributed by atoms with Gasteiger partial charge in [-0.15, -0.1) is 0 Å². The Labute approximate surface area is 82.4 Å². The molecular formula is C8H12N2O3S. The lowest BCUT2D eigenvalue weighted by Gasteiger charge is -2.06. The number of anilines is 1. The number of sulfonamides is 1. The highest BCUT2D eigenvalue weighted by atomic mass is 32.2. The van der Waals surface area contributed by atoms with E-state index in [-0.39, 0.29) is 5.56 Å². The maximum atomic E-state index is 11.2. The fourth-order valence-electron chi connectivity index (χ4n) is 1.05. The van der Waals surface area contributed by atoms with Gasteiger partial charge >= 0.3 is 0 Å². The lowest BCUT2D eigenvalue weighted by atomic mass is 10.4. The van der Waals surface area contributed by atoms with E-state index in [0.29, 0.717) is 12.2 Å². The van der Waals surface area contributed by atoms with Gasteiger partial charge in [0.1, 0.15) is 0 Å². The molecule has 0 fully saturated rings. The molecule has 0 aliphatic heterocycles. The van der Waals surface area contributed by atoms with Crippen molar-refractivity contribution in [3.63, 3.8) is 0 Å². The normalized spacial score (nSPS) is 11.3. The van der Waals surface area contributed by atoms with Crippen LogP contribution in [-0.4, -0.2) is 19.2 Å². The Bertz CT molecular complexity index is 476. The van der Waals surface area contributed by atoms with Crippen LogP contribution in [-0.2, 0) is 16.6 Å². The van der Waals surface area contributed by atoms with Crippen molar-refractivity contribution in [3.05, 3.63) is 28.7 Å². The van der Waals surface area contributed by atoms with Crippen molar-refractivity contribution in [3.8, 4) is 0 Å². The molecule has 0 unspecified atom stereocenters. The molecule has 1 N–H and O–H groups in total. The number of pyridine rings is 1. The van der Waals surface area contributed by atoms with E-state index < -0.39 is 10.0 Å². The van der Waals surface area contributed by atoms with Crippen molar-refractivity contribution in [2.45, 2.75) is 13.5 Å². The summed E-state index contributed by atoms with van der Waals surface area (Å²) in [6, 6.07) is 2.77. The first-order valence-corrected chi connectivity index (χ1v) is 6.00. The van der Waals surface area contributed by atoms with E-state index in [1.54, 1.807) is 0 Å². The van der Waals surface area contributed by atoms with Crippen molar-refractivity contribution in [1.82, 2.24) is 4.57 Å². The molecule has 14 heavy (non-hydrogen) atoms. The van der Waals surface area contributed by atoms with Crippen molar-refractivity contribution in [2.24, 2.45) is 0 Å². The first kappa shape index (κ1) is 10.8. The minimum absolute atomic E-state index is 0.147. The van der Waals surface area contributed by atoms with Gasteiger partial charge in [0.2, 0.25) is 10.0 Å². The number of nitrogens with zero attached hydrogens (tertiary/aromatic N) is 1. The van der Waals surface area contributed by atoms with Crippen LogP contribution in [0.15, 0.2) is 23.1 Å². The molecule has 78 valence electrons. The highest BCUT2D eigenvalue weighted by molar-refractivity contribution is 7.92. The number of rotatable bonds is 3. The van der Waals surface area contributed by atoms with Gasteiger partial charge in [0.05, 0.1) is 11.9 Å². The maximum Gasteiger partial charge on any atom is 0.250 e. The van der Waals surface area contributed by atoms with Crippen LogP contribution in [0.5, 0.6) is 0 Å². The van der Waals surface area contributed by atoms with E-state index in [2.05, 4.69) is 4.72 Å². The number of aryl methyl sites for hydroxylation is 1. The quantitative estimate of drug-likeness (QED) is 0.787. The molecule has 6 heteroatoms. The molecule has 5 nitrogen and oxygen atoms in total. The van der Waals surface area contributed by atoms with Crippen molar-refractivity contribution in [1.29, 1.82) is 0 Å². The van der Waals surface area contributed by atoms with Crippen LogP contribution in [0.3, 0.4) is 0 Å². The number of nitrogens with one attached hydrogen (secondary N) is 1. The van der Waals surface area contributed by atoms with E-state index in [0.717, 1.165) is 6.26 Å². The third kappa shape index (κ3) is 2.88. The van der Waals surface area contributed by atoms with Crippen LogP contribution in [0.1, 0.15) is 6.92 Å². The van der Waals surface area contributed by atoms with E-state index in [4.69, 9.17) is 0 Å². The molecule has 0 bridgehead atoms. The second-order valence-electron chi connectivity index (χ2n) is 2.92.